The van der Waals surface area contributed by atoms with Gasteiger partial charge in [0.1, 0.15) is 22.8 Å². The Balaban J connectivity index is 2.23. The van der Waals surface area contributed by atoms with Crippen LogP contribution in [0.5, 0.6) is 11.5 Å². The summed E-state index contributed by atoms with van der Waals surface area (Å²) >= 11 is 0. The van der Waals surface area contributed by atoms with Gasteiger partial charge in [0.05, 0.1) is 5.56 Å². The zero-order valence-electron chi connectivity index (χ0n) is 11.2. The second-order valence-corrected chi connectivity index (χ2v) is 4.57. The number of halogens is 1. The summed E-state index contributed by atoms with van der Waals surface area (Å²) in [5, 5.41) is 18.9. The highest BCUT2D eigenvalue weighted by Crippen LogP contribution is 2.32. The first-order valence-corrected chi connectivity index (χ1v) is 6.33. The monoisotopic (exact) mass is 285 g/mol. The molecule has 0 bridgehead atoms. The summed E-state index contributed by atoms with van der Waals surface area (Å²) in [4.78, 5) is 4.20. The fourth-order valence-electron chi connectivity index (χ4n) is 2.14. The number of aromatic hydroxyl groups is 2. The van der Waals surface area contributed by atoms with Gasteiger partial charge in [0.25, 0.3) is 0 Å². The predicted molar refractivity (Wildman–Crippen MR) is 77.4 cm³/mol. The number of benzene rings is 2. The number of phenols is 2. The second-order valence-electron chi connectivity index (χ2n) is 4.57. The molecule has 1 heterocycles. The van der Waals surface area contributed by atoms with Crippen LogP contribution in [0.15, 0.2) is 40.8 Å². The maximum Gasteiger partial charge on any atom is 0.230 e. The minimum Gasteiger partial charge on any atom is -0.508 e. The summed E-state index contributed by atoms with van der Waals surface area (Å²) in [6.45, 7) is 1.84. The Kier molecular flexibility index (Phi) is 3.10. The lowest BCUT2D eigenvalue weighted by Crippen LogP contribution is -1.83. The van der Waals surface area contributed by atoms with Crippen molar-refractivity contribution in [1.82, 2.24) is 4.98 Å². The maximum atomic E-state index is 13.9. The number of allylic oxidation sites excluding steroid dienone is 1. The van der Waals surface area contributed by atoms with Crippen LogP contribution >= 0.6 is 0 Å². The van der Waals surface area contributed by atoms with Crippen LogP contribution in [0.4, 0.5) is 4.39 Å². The molecule has 0 saturated heterocycles. The molecule has 21 heavy (non-hydrogen) atoms. The van der Waals surface area contributed by atoms with Crippen LogP contribution in [0.2, 0.25) is 0 Å². The molecule has 0 radical (unpaired) electrons. The second kappa shape index (κ2) is 4.94. The molecule has 0 saturated carbocycles. The van der Waals surface area contributed by atoms with Crippen LogP contribution < -0.4 is 0 Å². The van der Waals surface area contributed by atoms with Crippen LogP contribution in [0.3, 0.4) is 0 Å². The molecular formula is C16H12FNO3. The Labute approximate surface area is 119 Å². The average Bonchev–Trinajstić information content (AvgIpc) is 2.82. The van der Waals surface area contributed by atoms with Gasteiger partial charge in [-0.3, -0.25) is 0 Å². The molecule has 0 atom stereocenters. The van der Waals surface area contributed by atoms with Gasteiger partial charge in [0.15, 0.2) is 5.58 Å². The molecule has 0 spiro atoms. The van der Waals surface area contributed by atoms with E-state index < -0.39 is 5.82 Å². The van der Waals surface area contributed by atoms with Crippen LogP contribution in [0, 0.1) is 5.82 Å². The Morgan fingerprint density at radius 1 is 1.14 bits per heavy atom. The van der Waals surface area contributed by atoms with Gasteiger partial charge in [-0.05, 0) is 25.1 Å². The van der Waals surface area contributed by atoms with E-state index in [1.54, 1.807) is 18.2 Å². The molecule has 2 N–H and O–H groups in total. The zero-order valence-corrected chi connectivity index (χ0v) is 11.2. The van der Waals surface area contributed by atoms with E-state index in [4.69, 9.17) is 4.42 Å². The Hall–Kier alpha value is -2.82. The van der Waals surface area contributed by atoms with Gasteiger partial charge in [-0.2, -0.15) is 0 Å². The topological polar surface area (TPSA) is 66.5 Å². The Morgan fingerprint density at radius 3 is 2.67 bits per heavy atom. The average molecular weight is 285 g/mol. The van der Waals surface area contributed by atoms with Gasteiger partial charge >= 0.3 is 0 Å². The van der Waals surface area contributed by atoms with E-state index in [9.17, 15) is 14.6 Å². The van der Waals surface area contributed by atoms with Crippen molar-refractivity contribution in [3.63, 3.8) is 0 Å². The van der Waals surface area contributed by atoms with E-state index in [1.807, 2.05) is 6.92 Å². The first kappa shape index (κ1) is 13.2. The summed E-state index contributed by atoms with van der Waals surface area (Å²) in [6.07, 6.45) is 3.57. The number of fused-ring (bicyclic) bond motifs is 1. The van der Waals surface area contributed by atoms with Gasteiger partial charge in [-0.1, -0.05) is 12.2 Å². The van der Waals surface area contributed by atoms with Crippen LogP contribution in [0.1, 0.15) is 12.5 Å². The van der Waals surface area contributed by atoms with E-state index in [2.05, 4.69) is 4.98 Å². The first-order chi connectivity index (χ1) is 10.1. The zero-order chi connectivity index (χ0) is 15.0. The molecule has 0 unspecified atom stereocenters. The van der Waals surface area contributed by atoms with Gasteiger partial charge < -0.3 is 14.6 Å². The molecule has 0 aliphatic rings. The molecule has 3 rings (SSSR count). The molecule has 1 aromatic heterocycles. The first-order valence-electron chi connectivity index (χ1n) is 6.33. The number of aromatic nitrogens is 1. The van der Waals surface area contributed by atoms with Crippen LogP contribution in [-0.2, 0) is 0 Å². The summed E-state index contributed by atoms with van der Waals surface area (Å²) < 4.78 is 19.5. The number of phenolic OH excluding ortho intramolecular Hbond substituents is 2. The Bertz CT molecular complexity index is 852. The molecule has 106 valence electrons. The standard InChI is InChI=1S/C16H12FNO3/c1-2-3-9-6-11(20)8-14-15(9)21-16(18-14)12-5-4-10(19)7-13(12)17/h2-8,19-20H,1H3/b3-2-. The lowest BCUT2D eigenvalue weighted by molar-refractivity contribution is 0.469. The summed E-state index contributed by atoms with van der Waals surface area (Å²) in [6, 6.07) is 6.74. The largest absolute Gasteiger partial charge is 0.508 e. The quantitative estimate of drug-likeness (QED) is 0.744. The van der Waals surface area contributed by atoms with Gasteiger partial charge in [0, 0.05) is 17.7 Å². The van der Waals surface area contributed by atoms with Crippen molar-refractivity contribution in [2.75, 3.05) is 0 Å². The minimum absolute atomic E-state index is 0.0571. The third kappa shape index (κ3) is 2.33. The van der Waals surface area contributed by atoms with Crippen molar-refractivity contribution in [1.29, 1.82) is 0 Å². The summed E-state index contributed by atoms with van der Waals surface area (Å²) in [7, 11) is 0. The number of oxazole rings is 1. The molecule has 0 aliphatic heterocycles. The highest BCUT2D eigenvalue weighted by Gasteiger charge is 2.15. The van der Waals surface area contributed by atoms with Crippen LogP contribution in [-0.4, -0.2) is 15.2 Å². The highest BCUT2D eigenvalue weighted by atomic mass is 19.1. The molecule has 5 heteroatoms. The third-order valence-corrected chi connectivity index (χ3v) is 3.03. The van der Waals surface area contributed by atoms with E-state index in [0.717, 1.165) is 6.07 Å². The predicted octanol–water partition coefficient (Wildman–Crippen LogP) is 4.08. The van der Waals surface area contributed by atoms with Crippen molar-refractivity contribution < 1.29 is 19.0 Å². The van der Waals surface area contributed by atoms with Gasteiger partial charge in [0.2, 0.25) is 5.89 Å². The number of nitrogens with zero attached hydrogens (tertiary/aromatic N) is 1. The SMILES string of the molecule is C/C=C\c1cc(O)cc2nc(-c3ccc(O)cc3F)oc12. The molecule has 0 amide bonds. The number of rotatable bonds is 2. The van der Waals surface area contributed by atoms with Gasteiger partial charge in [-0.25, -0.2) is 9.37 Å². The maximum absolute atomic E-state index is 13.9. The number of hydrogen-bond donors (Lipinski definition) is 2. The van der Waals surface area contributed by atoms with Crippen LogP contribution in [0.25, 0.3) is 28.6 Å². The molecular weight excluding hydrogens is 273 g/mol. The van der Waals surface area contributed by atoms with E-state index >= 15 is 0 Å². The van der Waals surface area contributed by atoms with E-state index in [-0.39, 0.29) is 23.0 Å². The van der Waals surface area contributed by atoms with Crippen molar-refractivity contribution in [3.8, 4) is 23.0 Å². The molecule has 2 aromatic carbocycles. The van der Waals surface area contributed by atoms with Crippen molar-refractivity contribution in [2.24, 2.45) is 0 Å². The molecule has 0 aliphatic carbocycles. The minimum atomic E-state index is -0.627. The summed E-state index contributed by atoms with van der Waals surface area (Å²) in [5.41, 5.74) is 1.71. The van der Waals surface area contributed by atoms with E-state index in [0.29, 0.717) is 16.7 Å². The molecule has 0 fully saturated rings. The van der Waals surface area contributed by atoms with Crippen molar-refractivity contribution >= 4 is 17.2 Å². The Morgan fingerprint density at radius 2 is 1.95 bits per heavy atom. The normalized spacial score (nSPS) is 11.5. The van der Waals surface area contributed by atoms with Crippen molar-refractivity contribution in [3.05, 3.63) is 47.8 Å². The molecule has 4 nitrogen and oxygen atoms in total. The van der Waals surface area contributed by atoms with E-state index in [1.165, 1.54) is 18.2 Å². The smallest absolute Gasteiger partial charge is 0.230 e. The van der Waals surface area contributed by atoms with Crippen molar-refractivity contribution in [2.45, 2.75) is 6.92 Å². The third-order valence-electron chi connectivity index (χ3n) is 3.03. The lowest BCUT2D eigenvalue weighted by Gasteiger charge is -1.98. The molecule has 3 aromatic rings. The fourth-order valence-corrected chi connectivity index (χ4v) is 2.14. The fraction of sp³-hybridized carbons (Fsp3) is 0.0625. The number of hydrogen-bond acceptors (Lipinski definition) is 4. The lowest BCUT2D eigenvalue weighted by atomic mass is 10.1. The van der Waals surface area contributed by atoms with Gasteiger partial charge in [-0.15, -0.1) is 0 Å². The highest BCUT2D eigenvalue weighted by molar-refractivity contribution is 5.86. The summed E-state index contributed by atoms with van der Waals surface area (Å²) in [5.74, 6) is -0.640.